The molecule has 2 aromatic rings. The molecular weight excluding hydrogens is 276 g/mol. The predicted octanol–water partition coefficient (Wildman–Crippen LogP) is 3.27. The Morgan fingerprint density at radius 3 is 2.80 bits per heavy atom. The Morgan fingerprint density at radius 2 is 2.20 bits per heavy atom. The van der Waals surface area contributed by atoms with Crippen molar-refractivity contribution in [1.29, 1.82) is 0 Å². The van der Waals surface area contributed by atoms with Crippen LogP contribution in [-0.2, 0) is 20.1 Å². The Kier molecular flexibility index (Phi) is 4.68. The number of benzene rings is 1. The number of ether oxygens (including phenoxy) is 1. The molecule has 20 heavy (non-hydrogen) atoms. The molecule has 0 bridgehead atoms. The first kappa shape index (κ1) is 14.9. The van der Waals surface area contributed by atoms with Crippen LogP contribution in [0.2, 0.25) is 5.02 Å². The van der Waals surface area contributed by atoms with Gasteiger partial charge in [0.25, 0.3) is 0 Å². The van der Waals surface area contributed by atoms with Crippen LogP contribution < -0.4 is 4.74 Å². The zero-order chi connectivity index (χ0) is 14.7. The van der Waals surface area contributed by atoms with E-state index in [0.717, 1.165) is 23.4 Å². The van der Waals surface area contributed by atoms with E-state index in [-0.39, 0.29) is 0 Å². The summed E-state index contributed by atoms with van der Waals surface area (Å²) in [5.74, 6) is 0.707. The van der Waals surface area contributed by atoms with Gasteiger partial charge in [0.1, 0.15) is 12.4 Å². The van der Waals surface area contributed by atoms with Crippen LogP contribution in [-0.4, -0.2) is 14.9 Å². The molecule has 0 aliphatic carbocycles. The summed E-state index contributed by atoms with van der Waals surface area (Å²) in [5, 5.41) is 14.6. The fraction of sp³-hybridized carbons (Fsp3) is 0.400. The highest BCUT2D eigenvalue weighted by atomic mass is 35.5. The molecule has 0 saturated heterocycles. The van der Waals surface area contributed by atoms with Crippen molar-refractivity contribution in [2.75, 3.05) is 0 Å². The summed E-state index contributed by atoms with van der Waals surface area (Å²) >= 11 is 6.27. The van der Waals surface area contributed by atoms with E-state index in [1.807, 2.05) is 38.2 Å². The monoisotopic (exact) mass is 294 g/mol. The zero-order valence-electron chi connectivity index (χ0n) is 11.9. The number of aryl methyl sites for hydroxylation is 2. The molecule has 0 spiro atoms. The third-order valence-corrected chi connectivity index (χ3v) is 3.66. The third kappa shape index (κ3) is 3.14. The second kappa shape index (κ2) is 6.29. The quantitative estimate of drug-likeness (QED) is 0.920. The Labute approximate surface area is 123 Å². The number of hydrogen-bond donors (Lipinski definition) is 1. The second-order valence-corrected chi connectivity index (χ2v) is 5.10. The van der Waals surface area contributed by atoms with Crippen molar-refractivity contribution < 1.29 is 9.84 Å². The molecule has 1 aromatic carbocycles. The summed E-state index contributed by atoms with van der Waals surface area (Å²) in [4.78, 5) is 0. The van der Waals surface area contributed by atoms with Gasteiger partial charge in [-0.1, -0.05) is 30.7 Å². The Morgan fingerprint density at radius 1 is 1.45 bits per heavy atom. The molecule has 0 saturated carbocycles. The highest BCUT2D eigenvalue weighted by molar-refractivity contribution is 6.31. The lowest BCUT2D eigenvalue weighted by atomic mass is 10.1. The van der Waals surface area contributed by atoms with Gasteiger partial charge in [0.2, 0.25) is 0 Å². The van der Waals surface area contributed by atoms with Crippen molar-refractivity contribution in [2.24, 2.45) is 7.05 Å². The van der Waals surface area contributed by atoms with E-state index in [1.165, 1.54) is 0 Å². The Bertz CT molecular complexity index is 594. The molecule has 0 amide bonds. The van der Waals surface area contributed by atoms with Gasteiger partial charge < -0.3 is 9.84 Å². The SMILES string of the molecule is CCc1nn(C)c(COc2cccc(C(C)O)c2)c1Cl. The van der Waals surface area contributed by atoms with Crippen LogP contribution >= 0.6 is 11.6 Å². The first-order chi connectivity index (χ1) is 9.52. The molecule has 1 heterocycles. The predicted molar refractivity (Wildman–Crippen MR) is 79.0 cm³/mol. The van der Waals surface area contributed by atoms with Gasteiger partial charge in [0, 0.05) is 7.05 Å². The van der Waals surface area contributed by atoms with E-state index >= 15 is 0 Å². The average Bonchev–Trinajstić information content (AvgIpc) is 2.71. The maximum Gasteiger partial charge on any atom is 0.131 e. The smallest absolute Gasteiger partial charge is 0.131 e. The van der Waals surface area contributed by atoms with E-state index in [4.69, 9.17) is 16.3 Å². The molecule has 0 radical (unpaired) electrons. The maximum absolute atomic E-state index is 9.57. The summed E-state index contributed by atoms with van der Waals surface area (Å²) < 4.78 is 7.50. The summed E-state index contributed by atoms with van der Waals surface area (Å²) in [5.41, 5.74) is 2.56. The summed E-state index contributed by atoms with van der Waals surface area (Å²) in [6, 6.07) is 7.41. The zero-order valence-corrected chi connectivity index (χ0v) is 12.7. The van der Waals surface area contributed by atoms with Gasteiger partial charge >= 0.3 is 0 Å². The van der Waals surface area contributed by atoms with Crippen LogP contribution in [0.1, 0.15) is 36.9 Å². The number of aliphatic hydroxyl groups excluding tert-OH is 1. The first-order valence-corrected chi connectivity index (χ1v) is 7.01. The lowest BCUT2D eigenvalue weighted by Crippen LogP contribution is -2.04. The fourth-order valence-electron chi connectivity index (χ4n) is 1.99. The summed E-state index contributed by atoms with van der Waals surface area (Å²) in [6.07, 6.45) is 0.287. The van der Waals surface area contributed by atoms with Crippen LogP contribution in [0.5, 0.6) is 5.75 Å². The van der Waals surface area contributed by atoms with Gasteiger partial charge in [-0.05, 0) is 31.0 Å². The van der Waals surface area contributed by atoms with E-state index in [9.17, 15) is 5.11 Å². The van der Waals surface area contributed by atoms with Gasteiger partial charge in [-0.25, -0.2) is 0 Å². The maximum atomic E-state index is 9.57. The highest BCUT2D eigenvalue weighted by Gasteiger charge is 2.13. The van der Waals surface area contributed by atoms with Crippen LogP contribution in [0.4, 0.5) is 0 Å². The van der Waals surface area contributed by atoms with Gasteiger partial charge in [-0.2, -0.15) is 5.10 Å². The topological polar surface area (TPSA) is 47.3 Å². The van der Waals surface area contributed by atoms with Crippen LogP contribution in [0, 0.1) is 0 Å². The van der Waals surface area contributed by atoms with Crippen molar-refractivity contribution in [1.82, 2.24) is 9.78 Å². The van der Waals surface area contributed by atoms with Gasteiger partial charge in [0.15, 0.2) is 0 Å². The minimum atomic E-state index is -0.509. The standard InChI is InChI=1S/C15H19ClN2O2/c1-4-13-15(16)14(18(3)17-13)9-20-12-7-5-6-11(8-12)10(2)19/h5-8,10,19H,4,9H2,1-3H3. The molecule has 1 N–H and O–H groups in total. The normalized spacial score (nSPS) is 12.4. The lowest BCUT2D eigenvalue weighted by molar-refractivity contribution is 0.198. The molecule has 4 nitrogen and oxygen atoms in total. The number of halogens is 1. The summed E-state index contributed by atoms with van der Waals surface area (Å²) in [6.45, 7) is 4.10. The molecule has 2 rings (SSSR count). The van der Waals surface area contributed by atoms with Crippen LogP contribution in [0.25, 0.3) is 0 Å². The number of rotatable bonds is 5. The first-order valence-electron chi connectivity index (χ1n) is 6.64. The van der Waals surface area contributed by atoms with Crippen molar-refractivity contribution in [3.63, 3.8) is 0 Å². The molecule has 1 atom stereocenters. The highest BCUT2D eigenvalue weighted by Crippen LogP contribution is 2.24. The Hall–Kier alpha value is -1.52. The minimum Gasteiger partial charge on any atom is -0.487 e. The van der Waals surface area contributed by atoms with Gasteiger partial charge in [-0.15, -0.1) is 0 Å². The minimum absolute atomic E-state index is 0.353. The molecule has 0 fully saturated rings. The van der Waals surface area contributed by atoms with Crippen LogP contribution in [0.3, 0.4) is 0 Å². The molecule has 0 aliphatic heterocycles. The third-order valence-electron chi connectivity index (χ3n) is 3.22. The summed E-state index contributed by atoms with van der Waals surface area (Å²) in [7, 11) is 1.86. The molecule has 1 unspecified atom stereocenters. The molecule has 5 heteroatoms. The largest absolute Gasteiger partial charge is 0.487 e. The molecular formula is C15H19ClN2O2. The van der Waals surface area contributed by atoms with E-state index in [2.05, 4.69) is 5.10 Å². The average molecular weight is 295 g/mol. The van der Waals surface area contributed by atoms with E-state index < -0.39 is 6.10 Å². The lowest BCUT2D eigenvalue weighted by Gasteiger charge is -2.10. The van der Waals surface area contributed by atoms with Gasteiger partial charge in [-0.3, -0.25) is 4.68 Å². The molecule has 1 aromatic heterocycles. The molecule has 108 valence electrons. The van der Waals surface area contributed by atoms with Crippen molar-refractivity contribution in [3.05, 3.63) is 46.2 Å². The number of aromatic nitrogens is 2. The second-order valence-electron chi connectivity index (χ2n) is 4.72. The van der Waals surface area contributed by atoms with Gasteiger partial charge in [0.05, 0.1) is 22.5 Å². The van der Waals surface area contributed by atoms with E-state index in [1.54, 1.807) is 11.6 Å². The fourth-order valence-corrected chi connectivity index (χ4v) is 2.34. The van der Waals surface area contributed by atoms with Crippen molar-refractivity contribution in [3.8, 4) is 5.75 Å². The number of hydrogen-bond acceptors (Lipinski definition) is 3. The Balaban J connectivity index is 2.13. The van der Waals surface area contributed by atoms with Crippen molar-refractivity contribution >= 4 is 11.6 Å². The van der Waals surface area contributed by atoms with Crippen LogP contribution in [0.15, 0.2) is 24.3 Å². The number of aliphatic hydroxyl groups is 1. The number of nitrogens with zero attached hydrogens (tertiary/aromatic N) is 2. The molecule has 0 aliphatic rings. The van der Waals surface area contributed by atoms with Crippen molar-refractivity contribution in [2.45, 2.75) is 33.0 Å². The van der Waals surface area contributed by atoms with E-state index in [0.29, 0.717) is 17.4 Å².